The van der Waals surface area contributed by atoms with Crippen LogP contribution in [-0.4, -0.2) is 10.9 Å². The van der Waals surface area contributed by atoms with Gasteiger partial charge in [-0.25, -0.2) is 0 Å². The molecule has 0 N–H and O–H groups in total. The molecule has 0 atom stereocenters. The van der Waals surface area contributed by atoms with Crippen LogP contribution in [0.25, 0.3) is 10.9 Å². The summed E-state index contributed by atoms with van der Waals surface area (Å²) in [5, 5.41) is 1.22. The molecule has 2 aromatic rings. The summed E-state index contributed by atoms with van der Waals surface area (Å²) in [7, 11) is 0. The molecule has 0 amide bonds. The Morgan fingerprint density at radius 1 is 1.31 bits per heavy atom. The lowest BCUT2D eigenvalue weighted by Crippen LogP contribution is -2.02. The molecular formula is C14H17NO. The summed E-state index contributed by atoms with van der Waals surface area (Å²) in [5.41, 5.74) is 2.34. The predicted octanol–water partition coefficient (Wildman–Crippen LogP) is 3.04. The molecule has 0 aliphatic rings. The minimum atomic E-state index is 0.505. The summed E-state index contributed by atoms with van der Waals surface area (Å²) in [4.78, 5) is 10.5. The molecule has 0 unspecified atom stereocenters. The van der Waals surface area contributed by atoms with Gasteiger partial charge in [0.2, 0.25) is 0 Å². The Labute approximate surface area is 95.9 Å². The molecule has 0 saturated carbocycles. The van der Waals surface area contributed by atoms with E-state index >= 15 is 0 Å². The molecule has 0 spiro atoms. The monoisotopic (exact) mass is 215 g/mol. The minimum absolute atomic E-state index is 0.505. The van der Waals surface area contributed by atoms with Gasteiger partial charge in [-0.1, -0.05) is 19.9 Å². The zero-order valence-corrected chi connectivity index (χ0v) is 9.81. The van der Waals surface area contributed by atoms with E-state index in [0.29, 0.717) is 12.3 Å². The van der Waals surface area contributed by atoms with Crippen LogP contribution < -0.4 is 0 Å². The first kappa shape index (κ1) is 10.9. The fourth-order valence-corrected chi connectivity index (χ4v) is 2.03. The van der Waals surface area contributed by atoms with Crippen LogP contribution in [0.4, 0.5) is 0 Å². The summed E-state index contributed by atoms with van der Waals surface area (Å²) in [6.45, 7) is 5.47. The smallest absolute Gasteiger partial charge is 0.124 e. The van der Waals surface area contributed by atoms with Crippen LogP contribution in [-0.2, 0) is 17.8 Å². The number of aromatic nitrogens is 1. The maximum Gasteiger partial charge on any atom is 0.124 e. The molecule has 2 heteroatoms. The van der Waals surface area contributed by atoms with Gasteiger partial charge in [0, 0.05) is 24.7 Å². The summed E-state index contributed by atoms with van der Waals surface area (Å²) >= 11 is 0. The molecule has 0 saturated heterocycles. The molecule has 0 aliphatic carbocycles. The van der Waals surface area contributed by atoms with Crippen LogP contribution in [0.1, 0.15) is 19.4 Å². The number of nitrogens with zero attached hydrogens (tertiary/aromatic N) is 1. The van der Waals surface area contributed by atoms with Crippen LogP contribution in [0.15, 0.2) is 30.5 Å². The molecule has 16 heavy (non-hydrogen) atoms. The van der Waals surface area contributed by atoms with Gasteiger partial charge in [-0.2, -0.15) is 0 Å². The van der Waals surface area contributed by atoms with E-state index in [9.17, 15) is 4.79 Å². The van der Waals surface area contributed by atoms with E-state index in [4.69, 9.17) is 0 Å². The summed E-state index contributed by atoms with van der Waals surface area (Å²) in [6, 6.07) is 8.36. The Morgan fingerprint density at radius 2 is 2.12 bits per heavy atom. The van der Waals surface area contributed by atoms with E-state index in [0.717, 1.165) is 18.4 Å². The van der Waals surface area contributed by atoms with Crippen LogP contribution in [0.3, 0.4) is 0 Å². The molecule has 0 fully saturated rings. The van der Waals surface area contributed by atoms with Crippen LogP contribution >= 0.6 is 0 Å². The highest BCUT2D eigenvalue weighted by atomic mass is 16.1. The predicted molar refractivity (Wildman–Crippen MR) is 66.5 cm³/mol. The van der Waals surface area contributed by atoms with Gasteiger partial charge in [0.25, 0.3) is 0 Å². The van der Waals surface area contributed by atoms with Gasteiger partial charge in [-0.15, -0.1) is 0 Å². The topological polar surface area (TPSA) is 22.0 Å². The van der Waals surface area contributed by atoms with Gasteiger partial charge < -0.3 is 9.36 Å². The highest BCUT2D eigenvalue weighted by molar-refractivity contribution is 5.81. The molecule has 2 nitrogen and oxygen atoms in total. The van der Waals surface area contributed by atoms with Crippen molar-refractivity contribution in [2.75, 3.05) is 0 Å². The highest BCUT2D eigenvalue weighted by Crippen LogP contribution is 2.19. The number of rotatable bonds is 4. The lowest BCUT2D eigenvalue weighted by atomic mass is 10.1. The van der Waals surface area contributed by atoms with Crippen molar-refractivity contribution < 1.29 is 4.79 Å². The highest BCUT2D eigenvalue weighted by Gasteiger charge is 2.03. The van der Waals surface area contributed by atoms with E-state index in [2.05, 4.69) is 42.8 Å². The maximum absolute atomic E-state index is 10.5. The Morgan fingerprint density at radius 3 is 2.81 bits per heavy atom. The number of aldehydes is 1. The molecule has 0 aliphatic heterocycles. The number of carbonyl (C=O) groups is 1. The van der Waals surface area contributed by atoms with E-state index in [1.165, 1.54) is 10.9 Å². The van der Waals surface area contributed by atoms with Crippen LogP contribution in [0, 0.1) is 5.92 Å². The van der Waals surface area contributed by atoms with Crippen molar-refractivity contribution in [3.05, 3.63) is 36.0 Å². The zero-order valence-electron chi connectivity index (χ0n) is 9.81. The summed E-state index contributed by atoms with van der Waals surface area (Å²) < 4.78 is 2.27. The van der Waals surface area contributed by atoms with Crippen molar-refractivity contribution in [1.82, 2.24) is 4.57 Å². The van der Waals surface area contributed by atoms with E-state index in [1.54, 1.807) is 0 Å². The van der Waals surface area contributed by atoms with Gasteiger partial charge in [0.1, 0.15) is 6.29 Å². The van der Waals surface area contributed by atoms with Gasteiger partial charge in [-0.05, 0) is 35.1 Å². The Kier molecular flexibility index (Phi) is 3.09. The quantitative estimate of drug-likeness (QED) is 0.718. The Balaban J connectivity index is 2.38. The van der Waals surface area contributed by atoms with E-state index in [-0.39, 0.29) is 0 Å². The Bertz CT molecular complexity index is 496. The number of carbonyl (C=O) groups excluding carboxylic acids is 1. The first-order valence-corrected chi connectivity index (χ1v) is 5.72. The zero-order chi connectivity index (χ0) is 11.5. The Hall–Kier alpha value is -1.57. The van der Waals surface area contributed by atoms with Crippen molar-refractivity contribution in [2.24, 2.45) is 5.92 Å². The average molecular weight is 215 g/mol. The third-order valence-corrected chi connectivity index (χ3v) is 2.72. The number of hydrogen-bond donors (Lipinski definition) is 0. The van der Waals surface area contributed by atoms with E-state index < -0.39 is 0 Å². The third-order valence-electron chi connectivity index (χ3n) is 2.72. The standard InChI is InChI=1S/C14H17NO/c1-11(2)10-15-7-5-13-9-12(6-8-16)3-4-14(13)15/h3-5,7-9,11H,6,10H2,1-2H3. The maximum atomic E-state index is 10.5. The molecule has 1 aromatic heterocycles. The van der Waals surface area contributed by atoms with Crippen molar-refractivity contribution in [1.29, 1.82) is 0 Å². The normalized spacial score (nSPS) is 11.2. The number of fused-ring (bicyclic) bond motifs is 1. The number of hydrogen-bond acceptors (Lipinski definition) is 1. The molecule has 0 bridgehead atoms. The lowest BCUT2D eigenvalue weighted by molar-refractivity contribution is -0.107. The van der Waals surface area contributed by atoms with E-state index in [1.807, 2.05) is 6.07 Å². The fourth-order valence-electron chi connectivity index (χ4n) is 2.03. The van der Waals surface area contributed by atoms with Crippen molar-refractivity contribution in [3.8, 4) is 0 Å². The van der Waals surface area contributed by atoms with Crippen molar-refractivity contribution in [2.45, 2.75) is 26.8 Å². The second-order valence-corrected chi connectivity index (χ2v) is 4.63. The summed E-state index contributed by atoms with van der Waals surface area (Å²) in [5.74, 6) is 0.644. The second kappa shape index (κ2) is 4.52. The molecule has 1 heterocycles. The SMILES string of the molecule is CC(C)Cn1ccc2cc(CC=O)ccc21. The lowest BCUT2D eigenvalue weighted by Gasteiger charge is -2.08. The number of benzene rings is 1. The largest absolute Gasteiger partial charge is 0.347 e. The first-order chi connectivity index (χ1) is 7.70. The average Bonchev–Trinajstić information content (AvgIpc) is 2.61. The van der Waals surface area contributed by atoms with Gasteiger partial charge in [-0.3, -0.25) is 0 Å². The first-order valence-electron chi connectivity index (χ1n) is 5.72. The van der Waals surface area contributed by atoms with Gasteiger partial charge in [0.05, 0.1) is 0 Å². The molecule has 1 aromatic carbocycles. The molecule has 84 valence electrons. The van der Waals surface area contributed by atoms with Crippen LogP contribution in [0.5, 0.6) is 0 Å². The van der Waals surface area contributed by atoms with Crippen molar-refractivity contribution >= 4 is 17.2 Å². The van der Waals surface area contributed by atoms with Gasteiger partial charge in [0.15, 0.2) is 0 Å². The van der Waals surface area contributed by atoms with Crippen molar-refractivity contribution in [3.63, 3.8) is 0 Å². The van der Waals surface area contributed by atoms with Gasteiger partial charge >= 0.3 is 0 Å². The molecule has 2 rings (SSSR count). The van der Waals surface area contributed by atoms with Crippen LogP contribution in [0.2, 0.25) is 0 Å². The fraction of sp³-hybridized carbons (Fsp3) is 0.357. The molecular weight excluding hydrogens is 198 g/mol. The minimum Gasteiger partial charge on any atom is -0.347 e. The second-order valence-electron chi connectivity index (χ2n) is 4.63. The third kappa shape index (κ3) is 2.16. The molecule has 0 radical (unpaired) electrons. The summed E-state index contributed by atoms with van der Waals surface area (Å²) in [6.07, 6.45) is 3.58.